The number of rotatable bonds is 1. The monoisotopic (exact) mass is 145 g/mol. The highest BCUT2D eigenvalue weighted by Gasteiger charge is 2.25. The lowest BCUT2D eigenvalue weighted by Crippen LogP contribution is -2.49. The van der Waals surface area contributed by atoms with Gasteiger partial charge >= 0.3 is 0 Å². The molecule has 1 rings (SSSR count). The van der Waals surface area contributed by atoms with Gasteiger partial charge in [0, 0.05) is 12.6 Å². The number of piperidine rings is 1. The van der Waals surface area contributed by atoms with Gasteiger partial charge in [-0.25, -0.2) is 0 Å². The van der Waals surface area contributed by atoms with E-state index >= 15 is 0 Å². The average molecular weight is 145 g/mol. The van der Waals surface area contributed by atoms with Gasteiger partial charge in [0.2, 0.25) is 0 Å². The minimum absolute atomic E-state index is 0.387. The van der Waals surface area contributed by atoms with Crippen LogP contribution in [-0.2, 0) is 0 Å². The highest BCUT2D eigenvalue weighted by atomic mass is 16.3. The van der Waals surface area contributed by atoms with Crippen LogP contribution in [0.1, 0.15) is 19.8 Å². The second-order valence-electron chi connectivity index (χ2n) is 2.88. The summed E-state index contributed by atoms with van der Waals surface area (Å²) in [5, 5.41) is 21.4. The van der Waals surface area contributed by atoms with E-state index in [2.05, 4.69) is 12.2 Å². The van der Waals surface area contributed by atoms with Crippen LogP contribution in [0.5, 0.6) is 0 Å². The summed E-state index contributed by atoms with van der Waals surface area (Å²) in [6, 6.07) is 0.387. The van der Waals surface area contributed by atoms with Gasteiger partial charge in [0.1, 0.15) is 0 Å². The van der Waals surface area contributed by atoms with Crippen molar-refractivity contribution in [3.8, 4) is 0 Å². The Bertz CT molecular complexity index is 108. The first-order valence-electron chi connectivity index (χ1n) is 3.83. The summed E-state index contributed by atoms with van der Waals surface area (Å²) in [6.07, 6.45) is 0.607. The van der Waals surface area contributed by atoms with E-state index in [4.69, 9.17) is 5.11 Å². The summed E-state index contributed by atoms with van der Waals surface area (Å²) < 4.78 is 0. The summed E-state index contributed by atoms with van der Waals surface area (Å²) in [6.45, 7) is 2.60. The fraction of sp³-hybridized carbons (Fsp3) is 1.00. The van der Waals surface area contributed by atoms with Crippen molar-refractivity contribution in [3.05, 3.63) is 0 Å². The van der Waals surface area contributed by atoms with Gasteiger partial charge in [-0.1, -0.05) is 6.92 Å². The molecule has 3 atom stereocenters. The van der Waals surface area contributed by atoms with Crippen LogP contribution in [0.15, 0.2) is 0 Å². The maximum atomic E-state index is 9.19. The Kier molecular flexibility index (Phi) is 2.65. The van der Waals surface area contributed by atoms with Gasteiger partial charge in [0.15, 0.2) is 0 Å². The summed E-state index contributed by atoms with van der Waals surface area (Å²) in [7, 11) is 0. The van der Waals surface area contributed by atoms with Gasteiger partial charge in [-0.2, -0.15) is 0 Å². The highest BCUT2D eigenvalue weighted by Crippen LogP contribution is 2.10. The van der Waals surface area contributed by atoms with Crippen LogP contribution < -0.4 is 5.32 Å². The molecule has 0 aliphatic carbocycles. The molecule has 1 unspecified atom stereocenters. The topological polar surface area (TPSA) is 52.5 Å². The first kappa shape index (κ1) is 7.98. The van der Waals surface area contributed by atoms with E-state index < -0.39 is 12.2 Å². The Morgan fingerprint density at radius 1 is 1.40 bits per heavy atom. The molecular weight excluding hydrogens is 130 g/mol. The molecule has 1 saturated heterocycles. The van der Waals surface area contributed by atoms with Crippen molar-refractivity contribution < 1.29 is 10.2 Å². The van der Waals surface area contributed by atoms with Crippen molar-refractivity contribution in [3.63, 3.8) is 0 Å². The number of nitrogens with one attached hydrogen (secondary N) is 1. The molecule has 1 aliphatic rings. The predicted octanol–water partition coefficient (Wildman–Crippen LogP) is -0.520. The zero-order chi connectivity index (χ0) is 7.56. The highest BCUT2D eigenvalue weighted by molar-refractivity contribution is 4.82. The van der Waals surface area contributed by atoms with Gasteiger partial charge in [-0.3, -0.25) is 0 Å². The lowest BCUT2D eigenvalue weighted by atomic mass is 9.98. The number of aliphatic hydroxyl groups excluding tert-OH is 2. The molecule has 0 saturated carbocycles. The Hall–Kier alpha value is -0.120. The molecule has 10 heavy (non-hydrogen) atoms. The number of aliphatic hydroxyl groups is 2. The van der Waals surface area contributed by atoms with Crippen molar-refractivity contribution in [2.75, 3.05) is 6.54 Å². The van der Waals surface area contributed by atoms with Crippen molar-refractivity contribution in [1.82, 2.24) is 5.32 Å². The number of β-amino-alcohol motifs (C(OH)–C–C–N with tert-alkyl or cyclic N) is 1. The lowest BCUT2D eigenvalue weighted by Gasteiger charge is -2.30. The second-order valence-corrected chi connectivity index (χ2v) is 2.88. The average Bonchev–Trinajstić information content (AvgIpc) is 1.95. The van der Waals surface area contributed by atoms with Crippen molar-refractivity contribution >= 4 is 0 Å². The molecule has 0 aromatic carbocycles. The summed E-state index contributed by atoms with van der Waals surface area (Å²) in [5.74, 6) is 0. The largest absolute Gasteiger partial charge is 0.390 e. The van der Waals surface area contributed by atoms with E-state index in [9.17, 15) is 5.11 Å². The molecule has 0 radical (unpaired) electrons. The Morgan fingerprint density at radius 3 is 2.60 bits per heavy atom. The van der Waals surface area contributed by atoms with Crippen LogP contribution >= 0.6 is 0 Å². The molecule has 3 heteroatoms. The molecule has 1 fully saturated rings. The van der Waals surface area contributed by atoms with Crippen LogP contribution in [0, 0.1) is 0 Å². The van der Waals surface area contributed by atoms with E-state index in [1.165, 1.54) is 0 Å². The Labute approximate surface area is 61.1 Å². The predicted molar refractivity (Wildman–Crippen MR) is 38.7 cm³/mol. The smallest absolute Gasteiger partial charge is 0.0923 e. The third kappa shape index (κ3) is 1.68. The SMILES string of the molecule is CC[C@H]1CC(O)[C@@H](O)CN1. The molecular formula is C7H15NO2. The molecule has 0 bridgehead atoms. The molecule has 0 spiro atoms. The van der Waals surface area contributed by atoms with E-state index in [0.29, 0.717) is 19.0 Å². The zero-order valence-corrected chi connectivity index (χ0v) is 6.25. The number of hydrogen-bond donors (Lipinski definition) is 3. The molecule has 60 valence electrons. The number of hydrogen-bond acceptors (Lipinski definition) is 3. The third-order valence-electron chi connectivity index (χ3n) is 2.08. The second kappa shape index (κ2) is 3.32. The van der Waals surface area contributed by atoms with Gasteiger partial charge in [0.25, 0.3) is 0 Å². The molecule has 0 amide bonds. The molecule has 3 nitrogen and oxygen atoms in total. The molecule has 1 aliphatic heterocycles. The van der Waals surface area contributed by atoms with Crippen LogP contribution in [0.2, 0.25) is 0 Å². The van der Waals surface area contributed by atoms with Crippen molar-refractivity contribution in [1.29, 1.82) is 0 Å². The Balaban J connectivity index is 2.33. The minimum atomic E-state index is -0.567. The standard InChI is InChI=1S/C7H15NO2/c1-2-5-3-6(9)7(10)4-8-5/h5-10H,2-4H2,1H3/t5-,6?,7-/m0/s1. The molecule has 0 aromatic rings. The fourth-order valence-corrected chi connectivity index (χ4v) is 1.27. The third-order valence-corrected chi connectivity index (χ3v) is 2.08. The molecule has 1 heterocycles. The van der Waals surface area contributed by atoms with Crippen LogP contribution in [0.25, 0.3) is 0 Å². The van der Waals surface area contributed by atoms with E-state index in [-0.39, 0.29) is 0 Å². The van der Waals surface area contributed by atoms with E-state index in [0.717, 1.165) is 6.42 Å². The maximum Gasteiger partial charge on any atom is 0.0923 e. The summed E-state index contributed by atoms with van der Waals surface area (Å²) in [4.78, 5) is 0. The summed E-state index contributed by atoms with van der Waals surface area (Å²) in [5.41, 5.74) is 0. The zero-order valence-electron chi connectivity index (χ0n) is 6.25. The maximum absolute atomic E-state index is 9.19. The first-order chi connectivity index (χ1) is 4.74. The molecule has 0 aromatic heterocycles. The van der Waals surface area contributed by atoms with Gasteiger partial charge in [-0.15, -0.1) is 0 Å². The van der Waals surface area contributed by atoms with Gasteiger partial charge in [-0.05, 0) is 12.8 Å². The van der Waals surface area contributed by atoms with Crippen LogP contribution in [0.3, 0.4) is 0 Å². The van der Waals surface area contributed by atoms with E-state index in [1.54, 1.807) is 0 Å². The van der Waals surface area contributed by atoms with E-state index in [1.807, 2.05) is 0 Å². The van der Waals surface area contributed by atoms with Gasteiger partial charge < -0.3 is 15.5 Å². The first-order valence-corrected chi connectivity index (χ1v) is 3.83. The fourth-order valence-electron chi connectivity index (χ4n) is 1.27. The normalized spacial score (nSPS) is 41.7. The quantitative estimate of drug-likeness (QED) is 0.465. The summed E-state index contributed by atoms with van der Waals surface area (Å²) >= 11 is 0. The van der Waals surface area contributed by atoms with Crippen LogP contribution in [-0.4, -0.2) is 35.0 Å². The lowest BCUT2D eigenvalue weighted by molar-refractivity contribution is -0.0123. The molecule has 3 N–H and O–H groups in total. The minimum Gasteiger partial charge on any atom is -0.390 e. The van der Waals surface area contributed by atoms with Crippen molar-refractivity contribution in [2.24, 2.45) is 0 Å². The van der Waals surface area contributed by atoms with Crippen molar-refractivity contribution in [2.45, 2.75) is 38.0 Å². The van der Waals surface area contributed by atoms with Crippen LogP contribution in [0.4, 0.5) is 0 Å². The van der Waals surface area contributed by atoms with Gasteiger partial charge in [0.05, 0.1) is 12.2 Å². The Morgan fingerprint density at radius 2 is 2.10 bits per heavy atom.